The molecule has 0 radical (unpaired) electrons. The van der Waals surface area contributed by atoms with Crippen LogP contribution in [0.15, 0.2) is 83.8 Å². The highest BCUT2D eigenvalue weighted by molar-refractivity contribution is 7.89. The van der Waals surface area contributed by atoms with Crippen molar-refractivity contribution in [3.8, 4) is 11.5 Å². The van der Waals surface area contributed by atoms with Gasteiger partial charge in [0, 0.05) is 13.0 Å². The number of ether oxygens (including phenoxy) is 2. The molecule has 14 heteroatoms. The SMILES string of the molecule is COc1ccc(C[C@@H]2NC(=O)[C@@H](NS(=O)(=O)c3ccccc3)Cc3ccc(cc3)OC[C@H](CC(C)C)NC(=O)CN(CC3CC3)C(=O)[C@@H](C)NC2=O)cc1. The molecule has 54 heavy (non-hydrogen) atoms. The Morgan fingerprint density at radius 1 is 0.889 bits per heavy atom. The molecule has 2 heterocycles. The van der Waals surface area contributed by atoms with Gasteiger partial charge >= 0.3 is 0 Å². The lowest BCUT2D eigenvalue weighted by Gasteiger charge is -2.29. The lowest BCUT2D eigenvalue weighted by atomic mass is 10.0. The summed E-state index contributed by atoms with van der Waals surface area (Å²) in [5, 5.41) is 8.59. The number of methoxy groups -OCH3 is 1. The number of nitrogens with one attached hydrogen (secondary N) is 4. The Morgan fingerprint density at radius 2 is 1.57 bits per heavy atom. The quantitative estimate of drug-likeness (QED) is 0.229. The highest BCUT2D eigenvalue weighted by Crippen LogP contribution is 2.30. The molecule has 290 valence electrons. The van der Waals surface area contributed by atoms with Crippen molar-refractivity contribution < 1.29 is 37.1 Å². The average Bonchev–Trinajstić information content (AvgIpc) is 3.97. The Labute approximate surface area is 317 Å². The second-order valence-electron chi connectivity index (χ2n) is 14.5. The van der Waals surface area contributed by atoms with Gasteiger partial charge < -0.3 is 30.3 Å². The fourth-order valence-corrected chi connectivity index (χ4v) is 7.57. The predicted molar refractivity (Wildman–Crippen MR) is 203 cm³/mol. The normalized spacial score (nSPS) is 22.2. The van der Waals surface area contributed by atoms with Crippen LogP contribution in [0.25, 0.3) is 0 Å². The van der Waals surface area contributed by atoms with Crippen LogP contribution in [0.1, 0.15) is 51.2 Å². The van der Waals surface area contributed by atoms with Crippen molar-refractivity contribution in [1.29, 1.82) is 0 Å². The van der Waals surface area contributed by atoms with Gasteiger partial charge in [-0.1, -0.05) is 56.3 Å². The van der Waals surface area contributed by atoms with E-state index in [1.165, 1.54) is 24.1 Å². The van der Waals surface area contributed by atoms with Crippen LogP contribution >= 0.6 is 0 Å². The smallest absolute Gasteiger partial charge is 0.245 e. The van der Waals surface area contributed by atoms with E-state index < -0.39 is 45.9 Å². The van der Waals surface area contributed by atoms with Crippen LogP contribution in [0.5, 0.6) is 11.5 Å². The average molecular weight is 762 g/mol. The lowest BCUT2D eigenvalue weighted by molar-refractivity contribution is -0.140. The molecule has 1 saturated carbocycles. The second-order valence-corrected chi connectivity index (χ2v) is 16.3. The van der Waals surface area contributed by atoms with Crippen LogP contribution in [0.3, 0.4) is 0 Å². The number of sulfonamides is 1. The maximum Gasteiger partial charge on any atom is 0.245 e. The van der Waals surface area contributed by atoms with E-state index in [4.69, 9.17) is 9.47 Å². The summed E-state index contributed by atoms with van der Waals surface area (Å²) in [6, 6.07) is 17.7. The molecular weight excluding hydrogens is 711 g/mol. The minimum atomic E-state index is -4.16. The van der Waals surface area contributed by atoms with Crippen molar-refractivity contribution in [1.82, 2.24) is 25.6 Å². The van der Waals surface area contributed by atoms with Crippen molar-refractivity contribution in [2.24, 2.45) is 11.8 Å². The first-order valence-electron chi connectivity index (χ1n) is 18.4. The maximum absolute atomic E-state index is 14.2. The first-order chi connectivity index (χ1) is 25.8. The number of hydrogen-bond acceptors (Lipinski definition) is 8. The van der Waals surface area contributed by atoms with E-state index >= 15 is 0 Å². The van der Waals surface area contributed by atoms with Crippen molar-refractivity contribution >= 4 is 33.7 Å². The van der Waals surface area contributed by atoms with Gasteiger partial charge in [-0.15, -0.1) is 0 Å². The molecule has 2 aliphatic heterocycles. The summed E-state index contributed by atoms with van der Waals surface area (Å²) in [7, 11) is -2.63. The largest absolute Gasteiger partial charge is 0.497 e. The molecule has 0 spiro atoms. The lowest BCUT2D eigenvalue weighted by Crippen LogP contribution is -2.58. The highest BCUT2D eigenvalue weighted by Gasteiger charge is 2.34. The zero-order chi connectivity index (χ0) is 38.8. The summed E-state index contributed by atoms with van der Waals surface area (Å²) in [5.74, 6) is -0.489. The summed E-state index contributed by atoms with van der Waals surface area (Å²) in [6.45, 7) is 6.01. The molecule has 13 nitrogen and oxygen atoms in total. The Hall–Kier alpha value is -4.95. The van der Waals surface area contributed by atoms with Gasteiger partial charge in [0.05, 0.1) is 24.6 Å². The van der Waals surface area contributed by atoms with E-state index in [1.807, 2.05) is 13.8 Å². The van der Waals surface area contributed by atoms with Crippen molar-refractivity contribution in [3.05, 3.63) is 90.0 Å². The molecule has 3 aromatic carbocycles. The zero-order valence-corrected chi connectivity index (χ0v) is 32.1. The van der Waals surface area contributed by atoms with Crippen LogP contribution < -0.4 is 30.1 Å². The molecule has 4 amide bonds. The van der Waals surface area contributed by atoms with Crippen LogP contribution in [0.2, 0.25) is 0 Å². The van der Waals surface area contributed by atoms with E-state index in [2.05, 4.69) is 20.7 Å². The minimum Gasteiger partial charge on any atom is -0.497 e. The van der Waals surface area contributed by atoms with Gasteiger partial charge in [-0.2, -0.15) is 4.72 Å². The number of hydrogen-bond donors (Lipinski definition) is 4. The van der Waals surface area contributed by atoms with Crippen molar-refractivity contribution in [3.63, 3.8) is 0 Å². The van der Waals surface area contributed by atoms with E-state index in [0.717, 1.165) is 12.8 Å². The van der Waals surface area contributed by atoms with Gasteiger partial charge in [0.1, 0.15) is 36.2 Å². The summed E-state index contributed by atoms with van der Waals surface area (Å²) >= 11 is 0. The predicted octanol–water partition coefficient (Wildman–Crippen LogP) is 2.98. The molecule has 1 fully saturated rings. The third-order valence-electron chi connectivity index (χ3n) is 9.39. The number of rotatable bonds is 10. The fourth-order valence-electron chi connectivity index (χ4n) is 6.35. The van der Waals surface area contributed by atoms with Crippen LogP contribution in [-0.2, 0) is 42.0 Å². The van der Waals surface area contributed by atoms with E-state index in [0.29, 0.717) is 35.6 Å². The number of benzene rings is 3. The molecule has 0 saturated heterocycles. The summed E-state index contributed by atoms with van der Waals surface area (Å²) in [6.07, 6.45) is 2.50. The monoisotopic (exact) mass is 761 g/mol. The molecule has 4 atom stereocenters. The molecule has 3 aromatic rings. The first kappa shape index (κ1) is 40.2. The van der Waals surface area contributed by atoms with Gasteiger partial charge in [0.25, 0.3) is 0 Å². The van der Waals surface area contributed by atoms with Crippen molar-refractivity contribution in [2.75, 3.05) is 26.8 Å². The van der Waals surface area contributed by atoms with Crippen LogP contribution in [0.4, 0.5) is 0 Å². The Kier molecular flexibility index (Phi) is 13.7. The standard InChI is InChI=1S/C40H51N5O8S/c1-26(2)20-31-25-53-33-18-14-29(15-19-33)22-36(44-54(50,51)34-8-6-5-7-9-34)39(48)43-35(21-28-12-16-32(52-4)17-13-28)38(47)41-27(3)40(49)45(23-30-10-11-30)24-37(46)42-31/h5-9,12-19,26-27,30-31,35-36,44H,10-11,20-25H2,1-4H3,(H,41,47)(H,42,46)(H,43,48)/t27-,31+,35+,36+/m1/s1. The molecule has 2 bridgehead atoms. The van der Waals surface area contributed by atoms with Crippen molar-refractivity contribution in [2.45, 2.75) is 81.9 Å². The number of carbonyl (C=O) groups is 4. The molecule has 0 aromatic heterocycles. The third kappa shape index (κ3) is 11.8. The summed E-state index contributed by atoms with van der Waals surface area (Å²) in [5.41, 5.74) is 1.32. The number of carbonyl (C=O) groups excluding carboxylic acids is 4. The van der Waals surface area contributed by atoms with E-state index in [9.17, 15) is 27.6 Å². The van der Waals surface area contributed by atoms with Gasteiger partial charge in [-0.05, 0) is 92.0 Å². The maximum atomic E-state index is 14.2. The molecule has 3 aliphatic rings. The van der Waals surface area contributed by atoms with Gasteiger partial charge in [-0.25, -0.2) is 8.42 Å². The van der Waals surface area contributed by atoms with Crippen LogP contribution in [0, 0.1) is 11.8 Å². The van der Waals surface area contributed by atoms with E-state index in [1.54, 1.807) is 73.7 Å². The summed E-state index contributed by atoms with van der Waals surface area (Å²) < 4.78 is 41.0. The number of fused-ring (bicyclic) bond motifs is 17. The van der Waals surface area contributed by atoms with Gasteiger partial charge in [-0.3, -0.25) is 19.2 Å². The van der Waals surface area contributed by atoms with Gasteiger partial charge in [0.2, 0.25) is 33.7 Å². The number of amides is 4. The van der Waals surface area contributed by atoms with Gasteiger partial charge in [0.15, 0.2) is 0 Å². The Bertz CT molecular complexity index is 1850. The fraction of sp³-hybridized carbons (Fsp3) is 0.450. The second kappa shape index (κ2) is 18.4. The topological polar surface area (TPSA) is 172 Å². The third-order valence-corrected chi connectivity index (χ3v) is 10.9. The minimum absolute atomic E-state index is 0.0216. The Morgan fingerprint density at radius 3 is 2.20 bits per heavy atom. The molecule has 6 rings (SSSR count). The molecule has 1 aliphatic carbocycles. The van der Waals surface area contributed by atoms with E-state index in [-0.39, 0.29) is 54.7 Å². The molecular formula is C40H51N5O8S. The molecule has 0 unspecified atom stereocenters. The Balaban J connectivity index is 1.49. The first-order valence-corrected chi connectivity index (χ1v) is 19.9. The summed E-state index contributed by atoms with van der Waals surface area (Å²) in [4.78, 5) is 56.9. The number of nitrogens with zero attached hydrogens (tertiary/aromatic N) is 1. The molecule has 4 N–H and O–H groups in total. The van der Waals surface area contributed by atoms with Crippen LogP contribution in [-0.4, -0.2) is 87.9 Å². The highest BCUT2D eigenvalue weighted by atomic mass is 32.2. The zero-order valence-electron chi connectivity index (χ0n) is 31.2.